The van der Waals surface area contributed by atoms with E-state index >= 15 is 0 Å². The summed E-state index contributed by atoms with van der Waals surface area (Å²) < 4.78 is 0. The Kier molecular flexibility index (Phi) is 5.14. The van der Waals surface area contributed by atoms with E-state index in [9.17, 15) is 0 Å². The van der Waals surface area contributed by atoms with Crippen LogP contribution in [0.15, 0.2) is 0 Å². The SMILES string of the molecule is C1CCC(CNCCN2CCC(N3CCCC3)C2)C1. The van der Waals surface area contributed by atoms with Crippen molar-refractivity contribution in [2.45, 2.75) is 51.0 Å². The summed E-state index contributed by atoms with van der Waals surface area (Å²) in [5, 5.41) is 3.68. The Balaban J connectivity index is 1.26. The van der Waals surface area contributed by atoms with E-state index in [4.69, 9.17) is 0 Å². The zero-order valence-electron chi connectivity index (χ0n) is 12.4. The molecule has 19 heavy (non-hydrogen) atoms. The third kappa shape index (κ3) is 3.93. The Morgan fingerprint density at radius 3 is 2.47 bits per heavy atom. The molecule has 1 saturated carbocycles. The zero-order chi connectivity index (χ0) is 12.9. The van der Waals surface area contributed by atoms with Gasteiger partial charge in [0.05, 0.1) is 0 Å². The van der Waals surface area contributed by atoms with E-state index in [1.165, 1.54) is 90.8 Å². The van der Waals surface area contributed by atoms with Crippen LogP contribution >= 0.6 is 0 Å². The average Bonchev–Trinajstić information content (AvgIpc) is 3.15. The average molecular weight is 265 g/mol. The summed E-state index contributed by atoms with van der Waals surface area (Å²) in [5.74, 6) is 0.982. The van der Waals surface area contributed by atoms with Crippen LogP contribution in [0.5, 0.6) is 0 Å². The molecule has 3 aliphatic rings. The van der Waals surface area contributed by atoms with Crippen molar-refractivity contribution in [2.24, 2.45) is 5.92 Å². The Morgan fingerprint density at radius 1 is 0.895 bits per heavy atom. The molecule has 2 saturated heterocycles. The number of nitrogens with zero attached hydrogens (tertiary/aromatic N) is 2. The van der Waals surface area contributed by atoms with Crippen LogP contribution in [0.4, 0.5) is 0 Å². The minimum Gasteiger partial charge on any atom is -0.315 e. The molecular formula is C16H31N3. The second-order valence-corrected chi connectivity index (χ2v) is 6.84. The van der Waals surface area contributed by atoms with Crippen LogP contribution in [0.25, 0.3) is 0 Å². The Morgan fingerprint density at radius 2 is 1.68 bits per heavy atom. The summed E-state index contributed by atoms with van der Waals surface area (Å²) in [7, 11) is 0. The molecule has 1 aliphatic carbocycles. The highest BCUT2D eigenvalue weighted by molar-refractivity contribution is 4.85. The molecule has 3 heteroatoms. The number of likely N-dealkylation sites (tertiary alicyclic amines) is 2. The van der Waals surface area contributed by atoms with E-state index in [2.05, 4.69) is 15.1 Å². The van der Waals surface area contributed by atoms with Gasteiger partial charge in [-0.2, -0.15) is 0 Å². The first-order valence-electron chi connectivity index (χ1n) is 8.59. The van der Waals surface area contributed by atoms with Crippen molar-refractivity contribution < 1.29 is 0 Å². The van der Waals surface area contributed by atoms with Gasteiger partial charge < -0.3 is 10.2 Å². The van der Waals surface area contributed by atoms with Gasteiger partial charge in [-0.05, 0) is 64.2 Å². The van der Waals surface area contributed by atoms with Crippen molar-refractivity contribution in [3.8, 4) is 0 Å². The third-order valence-corrected chi connectivity index (χ3v) is 5.42. The Labute approximate surface area is 118 Å². The number of hydrogen-bond acceptors (Lipinski definition) is 3. The van der Waals surface area contributed by atoms with E-state index < -0.39 is 0 Å². The fourth-order valence-corrected chi connectivity index (χ4v) is 4.18. The summed E-state index contributed by atoms with van der Waals surface area (Å²) in [6.45, 7) is 9.10. The minimum absolute atomic E-state index is 0.873. The molecule has 1 unspecified atom stereocenters. The van der Waals surface area contributed by atoms with Gasteiger partial charge in [0, 0.05) is 25.7 Å². The van der Waals surface area contributed by atoms with E-state index in [1.54, 1.807) is 0 Å². The molecule has 0 aromatic heterocycles. The predicted molar refractivity (Wildman–Crippen MR) is 80.5 cm³/mol. The van der Waals surface area contributed by atoms with E-state index in [-0.39, 0.29) is 0 Å². The highest BCUT2D eigenvalue weighted by atomic mass is 15.3. The number of nitrogens with one attached hydrogen (secondary N) is 1. The lowest BCUT2D eigenvalue weighted by molar-refractivity contribution is 0.232. The van der Waals surface area contributed by atoms with Crippen LogP contribution in [-0.4, -0.2) is 61.7 Å². The van der Waals surface area contributed by atoms with Crippen LogP contribution in [0, 0.1) is 5.92 Å². The van der Waals surface area contributed by atoms with Gasteiger partial charge in [0.25, 0.3) is 0 Å². The lowest BCUT2D eigenvalue weighted by Crippen LogP contribution is -2.37. The summed E-state index contributed by atoms with van der Waals surface area (Å²) >= 11 is 0. The first-order valence-corrected chi connectivity index (χ1v) is 8.59. The molecule has 0 spiro atoms. The molecule has 3 rings (SSSR count). The standard InChI is InChI=1S/C16H31N3/c1-2-6-15(5-1)13-17-8-12-18-11-7-16(14-18)19-9-3-4-10-19/h15-17H,1-14H2. The van der Waals surface area contributed by atoms with Crippen LogP contribution in [0.2, 0.25) is 0 Å². The van der Waals surface area contributed by atoms with Crippen molar-refractivity contribution in [2.75, 3.05) is 45.8 Å². The topological polar surface area (TPSA) is 18.5 Å². The van der Waals surface area contributed by atoms with Gasteiger partial charge in [-0.1, -0.05) is 12.8 Å². The molecule has 110 valence electrons. The lowest BCUT2D eigenvalue weighted by atomic mass is 10.1. The maximum Gasteiger partial charge on any atom is 0.0235 e. The summed E-state index contributed by atoms with van der Waals surface area (Å²) in [4.78, 5) is 5.40. The second kappa shape index (κ2) is 7.05. The van der Waals surface area contributed by atoms with Gasteiger partial charge >= 0.3 is 0 Å². The first-order chi connectivity index (χ1) is 9.42. The summed E-state index contributed by atoms with van der Waals surface area (Å²) in [6, 6.07) is 0.873. The van der Waals surface area contributed by atoms with Gasteiger partial charge in [0.15, 0.2) is 0 Å². The molecule has 1 N–H and O–H groups in total. The maximum atomic E-state index is 3.68. The highest BCUT2D eigenvalue weighted by Gasteiger charge is 2.28. The lowest BCUT2D eigenvalue weighted by Gasteiger charge is -2.23. The highest BCUT2D eigenvalue weighted by Crippen LogP contribution is 2.23. The predicted octanol–water partition coefficient (Wildman–Crippen LogP) is 1.94. The molecule has 0 radical (unpaired) electrons. The molecule has 3 nitrogen and oxygen atoms in total. The summed E-state index contributed by atoms with van der Waals surface area (Å²) in [6.07, 6.45) is 10.1. The molecule has 2 heterocycles. The van der Waals surface area contributed by atoms with E-state index in [0.717, 1.165) is 12.0 Å². The first kappa shape index (κ1) is 13.8. The van der Waals surface area contributed by atoms with E-state index in [1.807, 2.05) is 0 Å². The van der Waals surface area contributed by atoms with Crippen LogP contribution < -0.4 is 5.32 Å². The van der Waals surface area contributed by atoms with Crippen molar-refractivity contribution in [1.82, 2.24) is 15.1 Å². The van der Waals surface area contributed by atoms with Crippen molar-refractivity contribution in [3.63, 3.8) is 0 Å². The second-order valence-electron chi connectivity index (χ2n) is 6.84. The van der Waals surface area contributed by atoms with Crippen LogP contribution in [0.3, 0.4) is 0 Å². The fourth-order valence-electron chi connectivity index (χ4n) is 4.18. The van der Waals surface area contributed by atoms with E-state index in [0.29, 0.717) is 0 Å². The Hall–Kier alpha value is -0.120. The largest absolute Gasteiger partial charge is 0.315 e. The molecule has 2 aliphatic heterocycles. The van der Waals surface area contributed by atoms with Crippen molar-refractivity contribution in [3.05, 3.63) is 0 Å². The Bertz CT molecular complexity index is 257. The fraction of sp³-hybridized carbons (Fsp3) is 1.00. The normalized spacial score (nSPS) is 30.6. The molecule has 3 fully saturated rings. The van der Waals surface area contributed by atoms with Gasteiger partial charge in [0.2, 0.25) is 0 Å². The third-order valence-electron chi connectivity index (χ3n) is 5.42. The summed E-state index contributed by atoms with van der Waals surface area (Å²) in [5.41, 5.74) is 0. The smallest absolute Gasteiger partial charge is 0.0235 e. The molecule has 0 aromatic rings. The van der Waals surface area contributed by atoms with Gasteiger partial charge in [0.1, 0.15) is 0 Å². The van der Waals surface area contributed by atoms with Gasteiger partial charge in [-0.3, -0.25) is 4.90 Å². The maximum absolute atomic E-state index is 3.68. The van der Waals surface area contributed by atoms with Crippen LogP contribution in [0.1, 0.15) is 44.9 Å². The number of rotatable bonds is 6. The molecule has 0 bridgehead atoms. The minimum atomic E-state index is 0.873. The molecule has 0 aromatic carbocycles. The molecular weight excluding hydrogens is 234 g/mol. The number of hydrogen-bond donors (Lipinski definition) is 1. The zero-order valence-corrected chi connectivity index (χ0v) is 12.4. The van der Waals surface area contributed by atoms with Gasteiger partial charge in [-0.15, -0.1) is 0 Å². The molecule has 0 amide bonds. The molecule has 1 atom stereocenters. The quantitative estimate of drug-likeness (QED) is 0.741. The van der Waals surface area contributed by atoms with Crippen molar-refractivity contribution in [1.29, 1.82) is 0 Å². The van der Waals surface area contributed by atoms with Gasteiger partial charge in [-0.25, -0.2) is 0 Å². The monoisotopic (exact) mass is 265 g/mol. The van der Waals surface area contributed by atoms with Crippen LogP contribution in [-0.2, 0) is 0 Å². The van der Waals surface area contributed by atoms with Crippen molar-refractivity contribution >= 4 is 0 Å².